The van der Waals surface area contributed by atoms with E-state index in [9.17, 15) is 0 Å². The minimum absolute atomic E-state index is 1.04. The van der Waals surface area contributed by atoms with Crippen molar-refractivity contribution >= 4 is 69.9 Å². The van der Waals surface area contributed by atoms with Gasteiger partial charge >= 0.3 is 0 Å². The van der Waals surface area contributed by atoms with E-state index in [0.717, 1.165) is 12.8 Å². The molecule has 0 bridgehead atoms. The molecule has 0 fully saturated rings. The van der Waals surface area contributed by atoms with Crippen LogP contribution in [0.2, 0.25) is 0 Å². The first-order valence-corrected chi connectivity index (χ1v) is 21.1. The van der Waals surface area contributed by atoms with E-state index in [-0.39, 0.29) is 0 Å². The number of benzene rings is 9. The molecular formula is C56H42S. The lowest BCUT2D eigenvalue weighted by molar-refractivity contribution is 0.990. The molecule has 0 spiro atoms. The molecule has 0 nitrogen and oxygen atoms in total. The average molecular weight is 747 g/mol. The Bertz CT molecular complexity index is 3240. The van der Waals surface area contributed by atoms with Crippen molar-refractivity contribution in [2.45, 2.75) is 40.5 Å². The van der Waals surface area contributed by atoms with E-state index < -0.39 is 0 Å². The van der Waals surface area contributed by atoms with Crippen molar-refractivity contribution in [3.63, 3.8) is 0 Å². The molecule has 1 aliphatic carbocycles. The number of allylic oxidation sites excluding steroid dienone is 1. The Morgan fingerprint density at radius 1 is 0.404 bits per heavy atom. The van der Waals surface area contributed by atoms with Gasteiger partial charge in [0.15, 0.2) is 0 Å². The maximum atomic E-state index is 2.47. The largest absolute Gasteiger partial charge is 0.135 e. The highest BCUT2D eigenvalue weighted by Gasteiger charge is 2.25. The van der Waals surface area contributed by atoms with E-state index >= 15 is 0 Å². The van der Waals surface area contributed by atoms with Gasteiger partial charge in [0.25, 0.3) is 0 Å². The number of hydrogen-bond donors (Lipinski definition) is 0. The lowest BCUT2D eigenvalue weighted by Crippen LogP contribution is -2.04. The third-order valence-electron chi connectivity index (χ3n) is 12.7. The number of hydrogen-bond acceptors (Lipinski definition) is 1. The summed E-state index contributed by atoms with van der Waals surface area (Å²) in [7, 11) is 0. The zero-order valence-corrected chi connectivity index (χ0v) is 33.7. The van der Waals surface area contributed by atoms with E-state index in [1.807, 2.05) is 11.3 Å². The molecular weight excluding hydrogens is 705 g/mol. The molecule has 1 heteroatoms. The second-order valence-corrected chi connectivity index (χ2v) is 17.1. The Kier molecular flexibility index (Phi) is 7.85. The summed E-state index contributed by atoms with van der Waals surface area (Å²) < 4.78 is 2.65. The van der Waals surface area contributed by atoms with Crippen LogP contribution in [-0.2, 0) is 6.42 Å². The molecule has 57 heavy (non-hydrogen) atoms. The van der Waals surface area contributed by atoms with Gasteiger partial charge in [-0.15, -0.1) is 11.3 Å². The van der Waals surface area contributed by atoms with Crippen LogP contribution in [0.5, 0.6) is 0 Å². The molecule has 0 unspecified atom stereocenters. The van der Waals surface area contributed by atoms with Crippen LogP contribution in [0, 0.1) is 27.7 Å². The molecule has 1 heterocycles. The fourth-order valence-electron chi connectivity index (χ4n) is 10.3. The predicted molar refractivity (Wildman–Crippen MR) is 250 cm³/mol. The molecule has 9 aromatic carbocycles. The van der Waals surface area contributed by atoms with Crippen LogP contribution in [0.4, 0.5) is 0 Å². The van der Waals surface area contributed by atoms with Crippen LogP contribution in [0.1, 0.15) is 39.8 Å². The molecule has 272 valence electrons. The van der Waals surface area contributed by atoms with E-state index in [2.05, 4.69) is 185 Å². The van der Waals surface area contributed by atoms with Crippen LogP contribution in [0.15, 0.2) is 152 Å². The van der Waals surface area contributed by atoms with Crippen LogP contribution >= 0.6 is 11.3 Å². The quantitative estimate of drug-likeness (QED) is 0.157. The van der Waals surface area contributed by atoms with E-state index in [0.29, 0.717) is 0 Å². The number of aryl methyl sites for hydroxylation is 4. The Labute approximate surface area is 338 Å². The van der Waals surface area contributed by atoms with Crippen molar-refractivity contribution < 1.29 is 0 Å². The van der Waals surface area contributed by atoms with Crippen molar-refractivity contribution in [1.29, 1.82) is 0 Å². The summed E-state index contributed by atoms with van der Waals surface area (Å²) in [5, 5.41) is 10.6. The summed E-state index contributed by atoms with van der Waals surface area (Å²) >= 11 is 1.92. The zero-order valence-electron chi connectivity index (χ0n) is 32.8. The Hall–Kier alpha value is -6.28. The molecule has 0 amide bonds. The topological polar surface area (TPSA) is 0 Å². The lowest BCUT2D eigenvalue weighted by atomic mass is 9.78. The van der Waals surface area contributed by atoms with Gasteiger partial charge in [0.05, 0.1) is 0 Å². The second kappa shape index (κ2) is 13.2. The molecule has 0 atom stereocenters. The fourth-order valence-corrected chi connectivity index (χ4v) is 11.4. The van der Waals surface area contributed by atoms with Gasteiger partial charge in [-0.3, -0.25) is 0 Å². The van der Waals surface area contributed by atoms with Crippen LogP contribution in [0.3, 0.4) is 0 Å². The van der Waals surface area contributed by atoms with Gasteiger partial charge in [0, 0.05) is 20.2 Å². The third kappa shape index (κ3) is 5.12. The SMILES string of the molecule is Cc1cccc(C)c1-c1c2c(c(-c3cccc4sc5cc(-c6c7ccccc7c(-c7c(C)cccc7C)c7ccccc67)ccc5c34)c3ccccc13)C=CCC2. The Morgan fingerprint density at radius 2 is 0.912 bits per heavy atom. The minimum atomic E-state index is 1.04. The highest BCUT2D eigenvalue weighted by atomic mass is 32.1. The number of rotatable bonds is 4. The normalized spacial score (nSPS) is 12.7. The summed E-state index contributed by atoms with van der Waals surface area (Å²) in [5.41, 5.74) is 18.9. The fraction of sp³-hybridized carbons (Fsp3) is 0.107. The van der Waals surface area contributed by atoms with Crippen LogP contribution in [-0.4, -0.2) is 0 Å². The van der Waals surface area contributed by atoms with Crippen molar-refractivity contribution in [3.8, 4) is 44.5 Å². The monoisotopic (exact) mass is 746 g/mol. The van der Waals surface area contributed by atoms with Gasteiger partial charge in [0.2, 0.25) is 0 Å². The molecule has 11 rings (SSSR count). The third-order valence-corrected chi connectivity index (χ3v) is 13.8. The maximum Gasteiger partial charge on any atom is 0.0361 e. The average Bonchev–Trinajstić information content (AvgIpc) is 3.61. The Balaban J connectivity index is 1.17. The standard InChI is InChI=1S/C56H42S/c1-33-16-13-17-34(2)50(33)55-42-24-9-5-20-38(42)52(39-21-6-10-25-43(39)55)37-30-31-46-49(32-37)57-48-29-15-28-47(54(46)48)53-40-22-7-11-26-44(40)56(45-27-12-8-23-41(45)53)51-35(3)18-14-19-36(51)4/h5-11,13-26,28-32H,12,27H2,1-4H3. The predicted octanol–water partition coefficient (Wildman–Crippen LogP) is 16.4. The first kappa shape index (κ1) is 34.0. The van der Waals surface area contributed by atoms with Crippen molar-refractivity contribution in [2.24, 2.45) is 0 Å². The molecule has 1 aliphatic rings. The molecule has 0 saturated heterocycles. The molecule has 10 aromatic rings. The van der Waals surface area contributed by atoms with Crippen molar-refractivity contribution in [1.82, 2.24) is 0 Å². The summed E-state index contributed by atoms with van der Waals surface area (Å²) in [5.74, 6) is 0. The molecule has 0 radical (unpaired) electrons. The van der Waals surface area contributed by atoms with Gasteiger partial charge < -0.3 is 0 Å². The first-order valence-electron chi connectivity index (χ1n) is 20.2. The number of fused-ring (bicyclic) bond motifs is 7. The first-order chi connectivity index (χ1) is 28.0. The maximum absolute atomic E-state index is 2.47. The van der Waals surface area contributed by atoms with E-state index in [1.54, 1.807) is 0 Å². The molecule has 0 aliphatic heterocycles. The smallest absolute Gasteiger partial charge is 0.0361 e. The highest BCUT2D eigenvalue weighted by molar-refractivity contribution is 7.26. The van der Waals surface area contributed by atoms with Gasteiger partial charge in [0.1, 0.15) is 0 Å². The lowest BCUT2D eigenvalue weighted by Gasteiger charge is -2.25. The summed E-state index contributed by atoms with van der Waals surface area (Å²) in [4.78, 5) is 0. The molecule has 1 aromatic heterocycles. The Morgan fingerprint density at radius 3 is 1.51 bits per heavy atom. The summed E-state index contributed by atoms with van der Waals surface area (Å²) in [6.45, 7) is 9.04. The van der Waals surface area contributed by atoms with Crippen LogP contribution < -0.4 is 0 Å². The van der Waals surface area contributed by atoms with Crippen molar-refractivity contribution in [2.75, 3.05) is 0 Å². The van der Waals surface area contributed by atoms with Crippen LogP contribution in [0.25, 0.3) is 103 Å². The molecule has 0 saturated carbocycles. The second-order valence-electron chi connectivity index (χ2n) is 16.0. The highest BCUT2D eigenvalue weighted by Crippen LogP contribution is 2.51. The van der Waals surface area contributed by atoms with Gasteiger partial charge in [-0.2, -0.15) is 0 Å². The van der Waals surface area contributed by atoms with E-state index in [1.165, 1.54) is 130 Å². The zero-order chi connectivity index (χ0) is 38.4. The summed E-state index contributed by atoms with van der Waals surface area (Å²) in [6.07, 6.45) is 6.90. The van der Waals surface area contributed by atoms with E-state index in [4.69, 9.17) is 0 Å². The molecule has 0 N–H and O–H groups in total. The minimum Gasteiger partial charge on any atom is -0.135 e. The summed E-state index contributed by atoms with van der Waals surface area (Å²) in [6, 6.07) is 54.9. The number of thiophene rings is 1. The van der Waals surface area contributed by atoms with Gasteiger partial charge in [-0.1, -0.05) is 146 Å². The van der Waals surface area contributed by atoms with Crippen molar-refractivity contribution in [3.05, 3.63) is 185 Å². The van der Waals surface area contributed by atoms with Gasteiger partial charge in [-0.25, -0.2) is 0 Å². The van der Waals surface area contributed by atoms with Gasteiger partial charge in [-0.05, 0) is 163 Å².